The van der Waals surface area contributed by atoms with Crippen molar-refractivity contribution in [1.29, 1.82) is 0 Å². The summed E-state index contributed by atoms with van der Waals surface area (Å²) in [7, 11) is 0. The fourth-order valence-corrected chi connectivity index (χ4v) is 2.84. The molecule has 3 unspecified atom stereocenters. The molecule has 17 heavy (non-hydrogen) atoms. The summed E-state index contributed by atoms with van der Waals surface area (Å²) in [5.41, 5.74) is 2.75. The average molecular weight is 231 g/mol. The Hall–Kier alpha value is -0.820. The van der Waals surface area contributed by atoms with E-state index in [1.807, 2.05) is 0 Å². The summed E-state index contributed by atoms with van der Waals surface area (Å²) in [6.07, 6.45) is 5.54. The van der Waals surface area contributed by atoms with Crippen molar-refractivity contribution in [2.75, 3.05) is 0 Å². The second-order valence-electron chi connectivity index (χ2n) is 5.67. The summed E-state index contributed by atoms with van der Waals surface area (Å²) >= 11 is 0. The van der Waals surface area contributed by atoms with Crippen LogP contribution in [0.15, 0.2) is 24.3 Å². The Bertz CT molecular complexity index is 341. The predicted octanol–water partition coefficient (Wildman–Crippen LogP) is 4.22. The Kier molecular flexibility index (Phi) is 4.22. The molecule has 0 aliphatic heterocycles. The van der Waals surface area contributed by atoms with Crippen molar-refractivity contribution in [2.24, 2.45) is 5.92 Å². The maximum absolute atomic E-state index is 3.80. The third kappa shape index (κ3) is 3.32. The van der Waals surface area contributed by atoms with Crippen molar-refractivity contribution in [1.82, 2.24) is 5.32 Å². The Morgan fingerprint density at radius 2 is 1.76 bits per heavy atom. The molecular weight excluding hydrogens is 206 g/mol. The average Bonchev–Trinajstić information content (AvgIpc) is 2.33. The molecule has 1 saturated carbocycles. The predicted molar refractivity (Wildman–Crippen MR) is 74.1 cm³/mol. The second-order valence-corrected chi connectivity index (χ2v) is 5.67. The Morgan fingerprint density at radius 3 is 2.41 bits per heavy atom. The minimum absolute atomic E-state index is 0.473. The zero-order chi connectivity index (χ0) is 12.3. The van der Waals surface area contributed by atoms with Crippen molar-refractivity contribution in [3.8, 4) is 0 Å². The van der Waals surface area contributed by atoms with E-state index in [1.54, 1.807) is 0 Å². The highest BCUT2D eigenvalue weighted by molar-refractivity contribution is 5.23. The molecule has 1 heteroatoms. The van der Waals surface area contributed by atoms with Crippen molar-refractivity contribution >= 4 is 0 Å². The molecule has 3 atom stereocenters. The van der Waals surface area contributed by atoms with Crippen LogP contribution in [0.5, 0.6) is 0 Å². The zero-order valence-corrected chi connectivity index (χ0v) is 11.4. The van der Waals surface area contributed by atoms with E-state index in [0.717, 1.165) is 5.92 Å². The van der Waals surface area contributed by atoms with Gasteiger partial charge in [0, 0.05) is 12.1 Å². The Balaban J connectivity index is 1.95. The lowest BCUT2D eigenvalue weighted by Gasteiger charge is -2.32. The molecule has 1 aliphatic rings. The number of hydrogen-bond acceptors (Lipinski definition) is 1. The van der Waals surface area contributed by atoms with Gasteiger partial charge in [0.25, 0.3) is 0 Å². The number of benzene rings is 1. The Morgan fingerprint density at radius 1 is 1.12 bits per heavy atom. The molecule has 0 bridgehead atoms. The first kappa shape index (κ1) is 12.6. The first-order valence-electron chi connectivity index (χ1n) is 6.99. The molecule has 0 spiro atoms. The van der Waals surface area contributed by atoms with Crippen LogP contribution in [-0.2, 0) is 0 Å². The van der Waals surface area contributed by atoms with Crippen LogP contribution in [0.4, 0.5) is 0 Å². The van der Waals surface area contributed by atoms with E-state index < -0.39 is 0 Å². The van der Waals surface area contributed by atoms with Gasteiger partial charge in [-0.1, -0.05) is 49.6 Å². The quantitative estimate of drug-likeness (QED) is 0.821. The number of rotatable bonds is 3. The van der Waals surface area contributed by atoms with Crippen molar-refractivity contribution in [3.05, 3.63) is 35.4 Å². The summed E-state index contributed by atoms with van der Waals surface area (Å²) in [6, 6.07) is 10.1. The molecule has 1 aliphatic carbocycles. The van der Waals surface area contributed by atoms with Gasteiger partial charge in [-0.2, -0.15) is 0 Å². The third-order valence-electron chi connectivity index (χ3n) is 4.15. The molecule has 0 saturated heterocycles. The first-order chi connectivity index (χ1) is 8.16. The lowest BCUT2D eigenvalue weighted by molar-refractivity contribution is 0.263. The van der Waals surface area contributed by atoms with Gasteiger partial charge in [0.1, 0.15) is 0 Å². The van der Waals surface area contributed by atoms with Crippen LogP contribution in [0.2, 0.25) is 0 Å². The minimum atomic E-state index is 0.473. The van der Waals surface area contributed by atoms with Crippen LogP contribution in [-0.4, -0.2) is 6.04 Å². The highest BCUT2D eigenvalue weighted by Crippen LogP contribution is 2.26. The minimum Gasteiger partial charge on any atom is -0.307 e. The summed E-state index contributed by atoms with van der Waals surface area (Å²) in [4.78, 5) is 0. The van der Waals surface area contributed by atoms with Crippen LogP contribution in [0.1, 0.15) is 56.7 Å². The fourth-order valence-electron chi connectivity index (χ4n) is 2.84. The molecule has 1 N–H and O–H groups in total. The summed E-state index contributed by atoms with van der Waals surface area (Å²) < 4.78 is 0. The molecule has 0 aromatic heterocycles. The molecule has 0 amide bonds. The van der Waals surface area contributed by atoms with Crippen molar-refractivity contribution in [3.63, 3.8) is 0 Å². The molecule has 2 rings (SSSR count). The van der Waals surface area contributed by atoms with Gasteiger partial charge in [0.05, 0.1) is 0 Å². The molecule has 1 aromatic rings. The van der Waals surface area contributed by atoms with E-state index in [4.69, 9.17) is 0 Å². The third-order valence-corrected chi connectivity index (χ3v) is 4.15. The molecule has 1 aromatic carbocycles. The topological polar surface area (TPSA) is 12.0 Å². The van der Waals surface area contributed by atoms with Gasteiger partial charge in [-0.15, -0.1) is 0 Å². The maximum atomic E-state index is 3.80. The fraction of sp³-hybridized carbons (Fsp3) is 0.625. The molecule has 0 radical (unpaired) electrons. The van der Waals surface area contributed by atoms with Crippen LogP contribution in [0, 0.1) is 12.8 Å². The molecule has 94 valence electrons. The monoisotopic (exact) mass is 231 g/mol. The van der Waals surface area contributed by atoms with Gasteiger partial charge in [0.15, 0.2) is 0 Å². The summed E-state index contributed by atoms with van der Waals surface area (Å²) in [5.74, 6) is 0.830. The van der Waals surface area contributed by atoms with Crippen molar-refractivity contribution < 1.29 is 0 Å². The van der Waals surface area contributed by atoms with E-state index in [-0.39, 0.29) is 0 Å². The SMILES string of the molecule is Cc1ccc(C(C)NC2CCCCC2C)cc1. The number of nitrogens with one attached hydrogen (secondary N) is 1. The highest BCUT2D eigenvalue weighted by Gasteiger charge is 2.22. The van der Waals surface area contributed by atoms with Gasteiger partial charge in [-0.05, 0) is 38.2 Å². The van der Waals surface area contributed by atoms with E-state index in [9.17, 15) is 0 Å². The van der Waals surface area contributed by atoms with Gasteiger partial charge in [-0.25, -0.2) is 0 Å². The van der Waals surface area contributed by atoms with Crippen LogP contribution >= 0.6 is 0 Å². The van der Waals surface area contributed by atoms with E-state index in [2.05, 4.69) is 50.4 Å². The number of hydrogen-bond donors (Lipinski definition) is 1. The lowest BCUT2D eigenvalue weighted by Crippen LogP contribution is -2.38. The second kappa shape index (κ2) is 5.68. The molecule has 1 nitrogen and oxygen atoms in total. The standard InChI is InChI=1S/C16H25N/c1-12-8-10-15(11-9-12)14(3)17-16-7-5-4-6-13(16)2/h8-11,13-14,16-17H,4-7H2,1-3H3. The normalized spacial score (nSPS) is 26.8. The van der Waals surface area contributed by atoms with E-state index in [0.29, 0.717) is 12.1 Å². The van der Waals surface area contributed by atoms with Gasteiger partial charge >= 0.3 is 0 Å². The van der Waals surface area contributed by atoms with Gasteiger partial charge in [-0.3, -0.25) is 0 Å². The molecule has 0 heterocycles. The smallest absolute Gasteiger partial charge is 0.0294 e. The molecule has 1 fully saturated rings. The van der Waals surface area contributed by atoms with Crippen LogP contribution in [0.3, 0.4) is 0 Å². The summed E-state index contributed by atoms with van der Waals surface area (Å²) in [5, 5.41) is 3.80. The van der Waals surface area contributed by atoms with Crippen LogP contribution in [0.25, 0.3) is 0 Å². The first-order valence-corrected chi connectivity index (χ1v) is 6.99. The molecular formula is C16H25N. The van der Waals surface area contributed by atoms with E-state index >= 15 is 0 Å². The largest absolute Gasteiger partial charge is 0.307 e. The summed E-state index contributed by atoms with van der Waals surface area (Å²) in [6.45, 7) is 6.82. The maximum Gasteiger partial charge on any atom is 0.0294 e. The highest BCUT2D eigenvalue weighted by atomic mass is 15.0. The lowest BCUT2D eigenvalue weighted by atomic mass is 9.85. The van der Waals surface area contributed by atoms with Gasteiger partial charge in [0.2, 0.25) is 0 Å². The Labute approximate surface area is 106 Å². The zero-order valence-electron chi connectivity index (χ0n) is 11.4. The van der Waals surface area contributed by atoms with E-state index in [1.165, 1.54) is 36.8 Å². The number of aryl methyl sites for hydroxylation is 1. The van der Waals surface area contributed by atoms with Crippen molar-refractivity contribution in [2.45, 2.75) is 58.5 Å². The van der Waals surface area contributed by atoms with Crippen LogP contribution < -0.4 is 5.32 Å². The van der Waals surface area contributed by atoms with Gasteiger partial charge < -0.3 is 5.32 Å².